The largest absolute Gasteiger partial charge is 0.385 e. The van der Waals surface area contributed by atoms with E-state index in [-0.39, 0.29) is 11.8 Å². The lowest BCUT2D eigenvalue weighted by atomic mass is 10.0. The first-order chi connectivity index (χ1) is 12.6. The number of alkyl halides is 1. The number of carbonyl (C=O) groups is 1. The number of hydrogen-bond acceptors (Lipinski definition) is 2. The molecule has 0 saturated heterocycles. The fraction of sp³-hybridized carbons (Fsp3) is 0.571. The summed E-state index contributed by atoms with van der Waals surface area (Å²) < 4.78 is 0. The Morgan fingerprint density at radius 1 is 1.07 bits per heavy atom. The van der Waals surface area contributed by atoms with Crippen molar-refractivity contribution >= 4 is 37.2 Å². The molecule has 0 aromatic heterocycles. The van der Waals surface area contributed by atoms with Gasteiger partial charge in [0, 0.05) is 5.02 Å². The van der Waals surface area contributed by atoms with Crippen molar-refractivity contribution in [3.8, 4) is 11.5 Å². The molecule has 1 aromatic carbocycles. The molecule has 0 saturated carbocycles. The molecule has 1 rings (SSSR count). The maximum absolute atomic E-state index is 11.9. The van der Waals surface area contributed by atoms with E-state index in [1.807, 2.05) is 0 Å². The standard InChI is InChI=1S/C21H31Cl2NO2Si/c1-14(2)27(15(3)4,16(5)6)12-11-19(24-20(25)13-22)21(26)17-7-9-18(23)10-8-17/h7-10,14-16,19,21,26H,13H2,1-6H3,(H,24,25)/t19-,21+/m0/s1. The Hall–Kier alpha value is -0.993. The van der Waals surface area contributed by atoms with Crippen LogP contribution >= 0.6 is 23.2 Å². The summed E-state index contributed by atoms with van der Waals surface area (Å²) in [5.74, 6) is 2.70. The van der Waals surface area contributed by atoms with Crippen LogP contribution in [0.2, 0.25) is 21.6 Å². The van der Waals surface area contributed by atoms with Crippen LogP contribution in [-0.2, 0) is 4.79 Å². The second-order valence-electron chi connectivity index (χ2n) is 7.84. The van der Waals surface area contributed by atoms with Crippen molar-refractivity contribution in [3.63, 3.8) is 0 Å². The van der Waals surface area contributed by atoms with E-state index >= 15 is 0 Å². The summed E-state index contributed by atoms with van der Waals surface area (Å²) in [4.78, 5) is 11.9. The Balaban J connectivity index is 3.34. The molecular weight excluding hydrogens is 397 g/mol. The zero-order valence-corrected chi connectivity index (χ0v) is 19.5. The lowest BCUT2D eigenvalue weighted by Crippen LogP contribution is -2.45. The number of aliphatic hydroxyl groups is 1. The molecule has 0 aliphatic carbocycles. The monoisotopic (exact) mass is 427 g/mol. The summed E-state index contributed by atoms with van der Waals surface area (Å²) in [6.07, 6.45) is -0.958. The highest BCUT2D eigenvalue weighted by Crippen LogP contribution is 2.40. The van der Waals surface area contributed by atoms with Crippen LogP contribution in [0.25, 0.3) is 0 Å². The third-order valence-corrected chi connectivity index (χ3v) is 12.1. The van der Waals surface area contributed by atoms with E-state index in [2.05, 4.69) is 58.3 Å². The van der Waals surface area contributed by atoms with E-state index in [9.17, 15) is 9.90 Å². The molecule has 0 unspecified atom stereocenters. The highest BCUT2D eigenvalue weighted by atomic mass is 35.5. The summed E-state index contributed by atoms with van der Waals surface area (Å²) >= 11 is 11.6. The summed E-state index contributed by atoms with van der Waals surface area (Å²) in [5.41, 5.74) is 5.60. The molecular formula is C21H31Cl2NO2Si. The van der Waals surface area contributed by atoms with Gasteiger partial charge in [0.25, 0.3) is 0 Å². The predicted octanol–water partition coefficient (Wildman–Crippen LogP) is 5.32. The Labute approximate surface area is 174 Å². The second-order valence-corrected chi connectivity index (χ2v) is 14.1. The molecule has 0 radical (unpaired) electrons. The fourth-order valence-electron chi connectivity index (χ4n) is 3.89. The van der Waals surface area contributed by atoms with Crippen LogP contribution in [0.15, 0.2) is 24.3 Å². The van der Waals surface area contributed by atoms with E-state index in [4.69, 9.17) is 23.2 Å². The minimum Gasteiger partial charge on any atom is -0.385 e. The van der Waals surface area contributed by atoms with Crippen LogP contribution in [0.5, 0.6) is 0 Å². The average molecular weight is 428 g/mol. The van der Waals surface area contributed by atoms with Gasteiger partial charge in [-0.1, -0.05) is 71.2 Å². The molecule has 6 heteroatoms. The van der Waals surface area contributed by atoms with Crippen LogP contribution in [0.1, 0.15) is 53.2 Å². The topological polar surface area (TPSA) is 49.3 Å². The highest BCUT2D eigenvalue weighted by Gasteiger charge is 2.42. The minimum atomic E-state index is -1.98. The first kappa shape index (κ1) is 24.0. The van der Waals surface area contributed by atoms with Gasteiger partial charge in [0.05, 0.1) is 0 Å². The third-order valence-electron chi connectivity index (χ3n) is 5.28. The number of benzene rings is 1. The van der Waals surface area contributed by atoms with Crippen LogP contribution in [-0.4, -0.2) is 31.0 Å². The van der Waals surface area contributed by atoms with Gasteiger partial charge >= 0.3 is 0 Å². The molecule has 2 N–H and O–H groups in total. The number of carbonyl (C=O) groups excluding carboxylic acids is 1. The van der Waals surface area contributed by atoms with Gasteiger partial charge in [-0.25, -0.2) is 0 Å². The third kappa shape index (κ3) is 5.99. The number of aliphatic hydroxyl groups excluding tert-OH is 1. The maximum atomic E-state index is 11.9. The summed E-state index contributed by atoms with van der Waals surface area (Å²) in [7, 11) is -1.98. The van der Waals surface area contributed by atoms with Gasteiger partial charge in [-0.2, -0.15) is 0 Å². The van der Waals surface area contributed by atoms with Crippen LogP contribution in [0.4, 0.5) is 0 Å². The first-order valence-corrected chi connectivity index (χ1v) is 12.5. The molecule has 27 heavy (non-hydrogen) atoms. The summed E-state index contributed by atoms with van der Waals surface area (Å²) in [6, 6.07) is 6.19. The van der Waals surface area contributed by atoms with Crippen LogP contribution < -0.4 is 5.32 Å². The van der Waals surface area contributed by atoms with Crippen molar-refractivity contribution in [2.75, 3.05) is 5.88 Å². The number of nitrogens with one attached hydrogen (secondary N) is 1. The van der Waals surface area contributed by atoms with Crippen molar-refractivity contribution in [1.82, 2.24) is 5.32 Å². The minimum absolute atomic E-state index is 0.174. The molecule has 0 aliphatic heterocycles. The van der Waals surface area contributed by atoms with Crippen LogP contribution in [0.3, 0.4) is 0 Å². The van der Waals surface area contributed by atoms with E-state index in [0.29, 0.717) is 27.2 Å². The van der Waals surface area contributed by atoms with Crippen molar-refractivity contribution in [1.29, 1.82) is 0 Å². The smallest absolute Gasteiger partial charge is 0.235 e. The zero-order chi connectivity index (χ0) is 20.8. The fourth-order valence-corrected chi connectivity index (χ4v) is 9.37. The van der Waals surface area contributed by atoms with Gasteiger partial charge in [-0.3, -0.25) is 4.79 Å². The maximum Gasteiger partial charge on any atom is 0.235 e. The molecule has 0 fully saturated rings. The quantitative estimate of drug-likeness (QED) is 0.351. The van der Waals surface area contributed by atoms with Gasteiger partial charge < -0.3 is 10.4 Å². The molecule has 0 aliphatic rings. The molecule has 1 amide bonds. The normalized spacial score (nSPS) is 14.1. The first-order valence-electron chi connectivity index (χ1n) is 9.37. The van der Waals surface area contributed by atoms with Gasteiger partial charge in [0.1, 0.15) is 26.1 Å². The van der Waals surface area contributed by atoms with Gasteiger partial charge in [0.15, 0.2) is 0 Å². The Kier molecular flexibility index (Phi) is 9.37. The van der Waals surface area contributed by atoms with Gasteiger partial charge in [-0.15, -0.1) is 17.1 Å². The Morgan fingerprint density at radius 3 is 1.96 bits per heavy atom. The van der Waals surface area contributed by atoms with Gasteiger partial charge in [-0.05, 0) is 34.3 Å². The van der Waals surface area contributed by atoms with Gasteiger partial charge in [0.2, 0.25) is 5.91 Å². The van der Waals surface area contributed by atoms with Crippen molar-refractivity contribution in [3.05, 3.63) is 34.9 Å². The summed E-state index contributed by atoms with van der Waals surface area (Å²) in [6.45, 7) is 13.4. The van der Waals surface area contributed by atoms with E-state index < -0.39 is 20.2 Å². The number of hydrogen-bond donors (Lipinski definition) is 2. The predicted molar refractivity (Wildman–Crippen MR) is 118 cm³/mol. The lowest BCUT2D eigenvalue weighted by molar-refractivity contribution is -0.119. The lowest BCUT2D eigenvalue weighted by Gasteiger charge is -2.38. The van der Waals surface area contributed by atoms with E-state index in [0.717, 1.165) is 0 Å². The average Bonchev–Trinajstić information content (AvgIpc) is 2.60. The SMILES string of the molecule is CC(C)[Si](C#C[C@H](NC(=O)CCl)[C@H](O)c1ccc(Cl)cc1)(C(C)C)C(C)C. The molecule has 150 valence electrons. The molecule has 1 aromatic rings. The number of halogens is 2. The van der Waals surface area contributed by atoms with E-state index in [1.165, 1.54) is 0 Å². The molecule has 0 heterocycles. The highest BCUT2D eigenvalue weighted by molar-refractivity contribution is 6.90. The number of amides is 1. The molecule has 3 nitrogen and oxygen atoms in total. The molecule has 0 spiro atoms. The zero-order valence-electron chi connectivity index (χ0n) is 17.0. The molecule has 0 bridgehead atoms. The molecule has 2 atom stereocenters. The second kappa shape index (κ2) is 10.5. The Bertz CT molecular complexity index is 656. The van der Waals surface area contributed by atoms with Crippen molar-refractivity contribution in [2.24, 2.45) is 0 Å². The summed E-state index contributed by atoms with van der Waals surface area (Å²) in [5, 5.41) is 14.2. The van der Waals surface area contributed by atoms with Crippen LogP contribution in [0, 0.1) is 11.5 Å². The van der Waals surface area contributed by atoms with E-state index in [1.54, 1.807) is 24.3 Å². The van der Waals surface area contributed by atoms with Crippen molar-refractivity contribution in [2.45, 2.75) is 70.3 Å². The number of rotatable bonds is 7. The Morgan fingerprint density at radius 2 is 1.56 bits per heavy atom. The van der Waals surface area contributed by atoms with Crippen molar-refractivity contribution < 1.29 is 9.90 Å².